The van der Waals surface area contributed by atoms with Crippen LogP contribution in [-0.4, -0.2) is 11.0 Å². The molecule has 2 unspecified atom stereocenters. The molecule has 1 aliphatic rings. The Morgan fingerprint density at radius 3 is 2.50 bits per heavy atom. The summed E-state index contributed by atoms with van der Waals surface area (Å²) < 4.78 is 6.05. The van der Waals surface area contributed by atoms with E-state index < -0.39 is 4.92 Å². The van der Waals surface area contributed by atoms with Crippen molar-refractivity contribution in [3.05, 3.63) is 33.9 Å². The summed E-state index contributed by atoms with van der Waals surface area (Å²) >= 11 is 0. The Labute approximate surface area is 119 Å². The summed E-state index contributed by atoms with van der Waals surface area (Å²) in [6.45, 7) is 4.73. The number of nitro groups is 1. The number of hydrogen-bond donors (Lipinski definition) is 1. The van der Waals surface area contributed by atoms with Gasteiger partial charge in [0.2, 0.25) is 0 Å². The van der Waals surface area contributed by atoms with Gasteiger partial charge in [0.05, 0.1) is 11.0 Å². The van der Waals surface area contributed by atoms with Crippen LogP contribution in [0.3, 0.4) is 0 Å². The van der Waals surface area contributed by atoms with E-state index in [1.165, 1.54) is 18.6 Å². The van der Waals surface area contributed by atoms with Gasteiger partial charge in [0.15, 0.2) is 0 Å². The molecule has 2 atom stereocenters. The standard InChI is InChI=1S/C15H22N2O3/c1-10-5-11(2)7-14(6-10)20-15-4-3-13(17(18)19)8-12(15)9-16/h3-4,8,10-11,14H,5-7,9,16H2,1-2H3. The van der Waals surface area contributed by atoms with E-state index in [1.807, 2.05) is 0 Å². The molecule has 0 aliphatic heterocycles. The van der Waals surface area contributed by atoms with Crippen molar-refractivity contribution in [2.45, 2.75) is 45.8 Å². The molecule has 0 spiro atoms. The second kappa shape index (κ2) is 6.22. The summed E-state index contributed by atoms with van der Waals surface area (Å²) in [4.78, 5) is 10.4. The highest BCUT2D eigenvalue weighted by Gasteiger charge is 2.26. The molecule has 0 saturated heterocycles. The Hall–Kier alpha value is -1.62. The second-order valence-corrected chi connectivity index (χ2v) is 5.91. The molecule has 20 heavy (non-hydrogen) atoms. The molecule has 1 aliphatic carbocycles. The summed E-state index contributed by atoms with van der Waals surface area (Å²) in [7, 11) is 0. The van der Waals surface area contributed by atoms with Gasteiger partial charge in [-0.1, -0.05) is 13.8 Å². The van der Waals surface area contributed by atoms with Crippen molar-refractivity contribution in [3.8, 4) is 5.75 Å². The topological polar surface area (TPSA) is 78.4 Å². The molecule has 2 N–H and O–H groups in total. The van der Waals surface area contributed by atoms with Gasteiger partial charge in [0.25, 0.3) is 5.69 Å². The number of nitro benzene ring substituents is 1. The summed E-state index contributed by atoms with van der Waals surface area (Å²) in [5.74, 6) is 2.00. The van der Waals surface area contributed by atoms with Gasteiger partial charge >= 0.3 is 0 Å². The molecule has 0 radical (unpaired) electrons. The third-order valence-electron chi connectivity index (χ3n) is 3.90. The number of hydrogen-bond acceptors (Lipinski definition) is 4. The molecule has 1 aromatic carbocycles. The van der Waals surface area contributed by atoms with Crippen LogP contribution in [0.4, 0.5) is 5.69 Å². The molecule has 2 rings (SSSR count). The van der Waals surface area contributed by atoms with E-state index in [-0.39, 0.29) is 18.3 Å². The zero-order valence-electron chi connectivity index (χ0n) is 12.0. The van der Waals surface area contributed by atoms with Crippen molar-refractivity contribution >= 4 is 5.69 Å². The zero-order chi connectivity index (χ0) is 14.7. The predicted octanol–water partition coefficient (Wildman–Crippen LogP) is 3.26. The van der Waals surface area contributed by atoms with Crippen molar-refractivity contribution in [1.29, 1.82) is 0 Å². The number of benzene rings is 1. The van der Waals surface area contributed by atoms with Crippen LogP contribution in [0.15, 0.2) is 18.2 Å². The monoisotopic (exact) mass is 278 g/mol. The fraction of sp³-hybridized carbons (Fsp3) is 0.600. The normalized spacial score (nSPS) is 26.2. The lowest BCUT2D eigenvalue weighted by Gasteiger charge is -2.32. The largest absolute Gasteiger partial charge is 0.490 e. The van der Waals surface area contributed by atoms with Crippen molar-refractivity contribution in [2.24, 2.45) is 17.6 Å². The van der Waals surface area contributed by atoms with Crippen LogP contribution in [0.1, 0.15) is 38.7 Å². The highest BCUT2D eigenvalue weighted by Crippen LogP contribution is 2.33. The minimum absolute atomic E-state index is 0.0585. The lowest BCUT2D eigenvalue weighted by atomic mass is 9.82. The Kier molecular flexibility index (Phi) is 4.60. The third-order valence-corrected chi connectivity index (χ3v) is 3.90. The smallest absolute Gasteiger partial charge is 0.270 e. The van der Waals surface area contributed by atoms with Crippen LogP contribution in [0.25, 0.3) is 0 Å². The van der Waals surface area contributed by atoms with Gasteiger partial charge in [0, 0.05) is 24.2 Å². The summed E-state index contributed by atoms with van der Waals surface area (Å²) in [6.07, 6.45) is 3.49. The second-order valence-electron chi connectivity index (χ2n) is 5.91. The van der Waals surface area contributed by atoms with Crippen LogP contribution in [0.2, 0.25) is 0 Å². The molecule has 1 saturated carbocycles. The van der Waals surface area contributed by atoms with E-state index in [0.29, 0.717) is 23.1 Å². The molecule has 0 amide bonds. The molecule has 1 fully saturated rings. The average molecular weight is 278 g/mol. The van der Waals surface area contributed by atoms with Crippen molar-refractivity contribution in [1.82, 2.24) is 0 Å². The Morgan fingerprint density at radius 1 is 1.30 bits per heavy atom. The summed E-state index contributed by atoms with van der Waals surface area (Å²) in [5.41, 5.74) is 6.43. The maximum atomic E-state index is 10.8. The first kappa shape index (κ1) is 14.8. The van der Waals surface area contributed by atoms with Crippen LogP contribution >= 0.6 is 0 Å². The SMILES string of the molecule is CC1CC(C)CC(Oc2ccc([N+](=O)[O-])cc2CN)C1. The average Bonchev–Trinajstić information content (AvgIpc) is 2.37. The molecule has 1 aromatic rings. The highest BCUT2D eigenvalue weighted by molar-refractivity contribution is 5.43. The first-order chi connectivity index (χ1) is 9.49. The van der Waals surface area contributed by atoms with Gasteiger partial charge in [-0.3, -0.25) is 10.1 Å². The van der Waals surface area contributed by atoms with E-state index >= 15 is 0 Å². The fourth-order valence-electron chi connectivity index (χ4n) is 3.10. The van der Waals surface area contributed by atoms with Gasteiger partial charge < -0.3 is 10.5 Å². The molecule has 110 valence electrons. The lowest BCUT2D eigenvalue weighted by Crippen LogP contribution is -2.28. The molecule has 5 heteroatoms. The Morgan fingerprint density at radius 2 is 1.95 bits per heavy atom. The number of ether oxygens (including phenoxy) is 1. The van der Waals surface area contributed by atoms with Gasteiger partial charge in [-0.25, -0.2) is 0 Å². The van der Waals surface area contributed by atoms with Gasteiger partial charge in [-0.05, 0) is 37.2 Å². The van der Waals surface area contributed by atoms with Crippen LogP contribution in [-0.2, 0) is 6.54 Å². The first-order valence-corrected chi connectivity index (χ1v) is 7.13. The number of rotatable bonds is 4. The van der Waals surface area contributed by atoms with Gasteiger partial charge in [-0.15, -0.1) is 0 Å². The summed E-state index contributed by atoms with van der Waals surface area (Å²) in [6, 6.07) is 4.65. The van der Waals surface area contributed by atoms with Crippen LogP contribution in [0.5, 0.6) is 5.75 Å². The Balaban J connectivity index is 2.14. The van der Waals surface area contributed by atoms with Crippen molar-refractivity contribution < 1.29 is 9.66 Å². The van der Waals surface area contributed by atoms with E-state index in [2.05, 4.69) is 13.8 Å². The predicted molar refractivity (Wildman–Crippen MR) is 77.6 cm³/mol. The zero-order valence-corrected chi connectivity index (χ0v) is 12.0. The Bertz CT molecular complexity index is 480. The van der Waals surface area contributed by atoms with Crippen LogP contribution < -0.4 is 10.5 Å². The minimum atomic E-state index is -0.409. The number of nitrogens with two attached hydrogens (primary N) is 1. The van der Waals surface area contributed by atoms with Crippen molar-refractivity contribution in [2.75, 3.05) is 0 Å². The van der Waals surface area contributed by atoms with E-state index in [0.717, 1.165) is 12.8 Å². The van der Waals surface area contributed by atoms with E-state index in [4.69, 9.17) is 10.5 Å². The molecule has 5 nitrogen and oxygen atoms in total. The van der Waals surface area contributed by atoms with Crippen LogP contribution in [0, 0.1) is 22.0 Å². The maximum absolute atomic E-state index is 10.8. The summed E-state index contributed by atoms with van der Waals surface area (Å²) in [5, 5.41) is 10.8. The lowest BCUT2D eigenvalue weighted by molar-refractivity contribution is -0.384. The molecule has 0 aromatic heterocycles. The van der Waals surface area contributed by atoms with E-state index in [1.54, 1.807) is 6.07 Å². The highest BCUT2D eigenvalue weighted by atomic mass is 16.6. The minimum Gasteiger partial charge on any atom is -0.490 e. The maximum Gasteiger partial charge on any atom is 0.270 e. The van der Waals surface area contributed by atoms with Gasteiger partial charge in [0.1, 0.15) is 5.75 Å². The molecule has 0 heterocycles. The molecular formula is C15H22N2O3. The first-order valence-electron chi connectivity index (χ1n) is 7.13. The number of non-ortho nitro benzene ring substituents is 1. The third kappa shape index (κ3) is 3.48. The number of nitrogens with zero attached hydrogens (tertiary/aromatic N) is 1. The van der Waals surface area contributed by atoms with E-state index in [9.17, 15) is 10.1 Å². The molecule has 0 bridgehead atoms. The van der Waals surface area contributed by atoms with Gasteiger partial charge in [-0.2, -0.15) is 0 Å². The quantitative estimate of drug-likeness (QED) is 0.677. The van der Waals surface area contributed by atoms with Crippen molar-refractivity contribution in [3.63, 3.8) is 0 Å². The fourth-order valence-corrected chi connectivity index (χ4v) is 3.10. The molecular weight excluding hydrogens is 256 g/mol.